The van der Waals surface area contributed by atoms with E-state index >= 15 is 0 Å². The van der Waals surface area contributed by atoms with Crippen LogP contribution in [0.25, 0.3) is 22.0 Å². The van der Waals surface area contributed by atoms with Crippen molar-refractivity contribution >= 4 is 34.0 Å². The van der Waals surface area contributed by atoms with Crippen molar-refractivity contribution in [3.8, 4) is 11.3 Å². The number of pyridine rings is 2. The van der Waals surface area contributed by atoms with Crippen LogP contribution in [0, 0.1) is 0 Å². The summed E-state index contributed by atoms with van der Waals surface area (Å²) in [6.45, 7) is 5.71. The maximum absolute atomic E-state index is 12.7. The fourth-order valence-corrected chi connectivity index (χ4v) is 5.46. The molecule has 0 saturated carbocycles. The van der Waals surface area contributed by atoms with E-state index in [1.54, 1.807) is 18.0 Å². The Hall–Kier alpha value is -3.09. The zero-order valence-corrected chi connectivity index (χ0v) is 20.5. The van der Waals surface area contributed by atoms with Gasteiger partial charge in [0.2, 0.25) is 0 Å². The molecular formula is C28H30N4OS. The second-order valence-electron chi connectivity index (χ2n) is 8.78. The topological polar surface area (TPSA) is 61.0 Å². The molecule has 2 aromatic carbocycles. The third-order valence-corrected chi connectivity index (χ3v) is 7.61. The first-order valence-electron chi connectivity index (χ1n) is 11.9. The molecule has 5 nitrogen and oxygen atoms in total. The van der Waals surface area contributed by atoms with Gasteiger partial charge in [0.25, 0.3) is 5.56 Å². The number of thioether (sulfide) groups is 1. The quantitative estimate of drug-likeness (QED) is 0.326. The molecule has 1 aliphatic rings. The molecule has 2 N–H and O–H groups in total. The average molecular weight is 471 g/mol. The number of aromatic nitrogens is 2. The zero-order chi connectivity index (χ0) is 23.5. The lowest BCUT2D eigenvalue weighted by molar-refractivity contribution is 0.222. The molecule has 174 valence electrons. The van der Waals surface area contributed by atoms with Gasteiger partial charge in [0.15, 0.2) is 0 Å². The maximum atomic E-state index is 12.7. The van der Waals surface area contributed by atoms with Crippen LogP contribution >= 0.6 is 11.8 Å². The van der Waals surface area contributed by atoms with Gasteiger partial charge >= 0.3 is 0 Å². The van der Waals surface area contributed by atoms with Crippen LogP contribution in [0.15, 0.2) is 76.6 Å². The highest BCUT2D eigenvalue weighted by molar-refractivity contribution is 7.98. The average Bonchev–Trinajstić information content (AvgIpc) is 2.89. The highest BCUT2D eigenvalue weighted by Crippen LogP contribution is 2.34. The lowest BCUT2D eigenvalue weighted by Crippen LogP contribution is -2.32. The molecule has 1 fully saturated rings. The van der Waals surface area contributed by atoms with Crippen molar-refractivity contribution in [2.24, 2.45) is 0 Å². The van der Waals surface area contributed by atoms with Gasteiger partial charge in [-0.3, -0.25) is 4.79 Å². The van der Waals surface area contributed by atoms with Crippen molar-refractivity contribution in [1.82, 2.24) is 14.9 Å². The van der Waals surface area contributed by atoms with Crippen LogP contribution in [-0.4, -0.2) is 40.8 Å². The third kappa shape index (κ3) is 4.61. The molecule has 4 aromatic rings. The van der Waals surface area contributed by atoms with E-state index in [0.717, 1.165) is 33.8 Å². The summed E-state index contributed by atoms with van der Waals surface area (Å²) in [7, 11) is 0. The van der Waals surface area contributed by atoms with Crippen LogP contribution in [0.5, 0.6) is 0 Å². The molecule has 1 saturated heterocycles. The number of fused-ring (bicyclic) bond motifs is 1. The fourth-order valence-electron chi connectivity index (χ4n) is 4.86. The molecule has 1 aliphatic heterocycles. The number of hydrogen-bond acceptors (Lipinski definition) is 5. The van der Waals surface area contributed by atoms with Crippen LogP contribution in [0.1, 0.15) is 31.2 Å². The second-order valence-corrected chi connectivity index (χ2v) is 9.63. The number of nitrogens with one attached hydrogen (secondary N) is 2. The molecular weight excluding hydrogens is 440 g/mol. The van der Waals surface area contributed by atoms with Gasteiger partial charge in [-0.25, -0.2) is 4.98 Å². The summed E-state index contributed by atoms with van der Waals surface area (Å²) < 4.78 is 0. The van der Waals surface area contributed by atoms with Crippen LogP contribution in [0.3, 0.4) is 0 Å². The molecule has 0 amide bonds. The first kappa shape index (κ1) is 22.7. The number of likely N-dealkylation sites (tertiary alicyclic amines) is 1. The summed E-state index contributed by atoms with van der Waals surface area (Å²) in [5.74, 6) is 1.19. The number of nitrogens with zero attached hydrogens (tertiary/aromatic N) is 2. The molecule has 0 atom stereocenters. The van der Waals surface area contributed by atoms with E-state index < -0.39 is 0 Å². The van der Waals surface area contributed by atoms with Gasteiger partial charge in [-0.2, -0.15) is 0 Å². The summed E-state index contributed by atoms with van der Waals surface area (Å²) in [4.78, 5) is 24.1. The minimum Gasteiger partial charge on any atom is -0.340 e. The first-order chi connectivity index (χ1) is 16.7. The molecule has 0 spiro atoms. The van der Waals surface area contributed by atoms with Gasteiger partial charge in [0.05, 0.1) is 11.1 Å². The summed E-state index contributed by atoms with van der Waals surface area (Å²) in [6, 6.07) is 20.8. The van der Waals surface area contributed by atoms with Crippen molar-refractivity contribution in [1.29, 1.82) is 0 Å². The Morgan fingerprint density at radius 2 is 1.85 bits per heavy atom. The number of aromatic amines is 1. The Bertz CT molecular complexity index is 1340. The molecule has 2 aromatic heterocycles. The molecule has 0 bridgehead atoms. The molecule has 3 heterocycles. The van der Waals surface area contributed by atoms with Crippen LogP contribution in [0.2, 0.25) is 0 Å². The van der Waals surface area contributed by atoms with Gasteiger partial charge < -0.3 is 15.2 Å². The number of rotatable bonds is 6. The monoisotopic (exact) mass is 470 g/mol. The summed E-state index contributed by atoms with van der Waals surface area (Å²) >= 11 is 1.69. The van der Waals surface area contributed by atoms with Crippen molar-refractivity contribution in [3.05, 3.63) is 82.8 Å². The minimum atomic E-state index is -0.142. The Morgan fingerprint density at radius 1 is 1.09 bits per heavy atom. The standard InChI is InChI=1S/C28H30N4OS/c1-3-32-16-13-20(14-17-32)19-8-10-22(11-9-19)30-27-26-21(12-15-29-28(26)33)18-24(31-27)23-6-4-5-7-25(23)34-2/h4-12,15,18,20H,3,13-14,16-17H2,1-2H3,(H,29,33)(H,30,31). The normalized spacial score (nSPS) is 15.0. The van der Waals surface area contributed by atoms with Gasteiger partial charge in [-0.15, -0.1) is 11.8 Å². The predicted octanol–water partition coefficient (Wildman–Crippen LogP) is 6.25. The van der Waals surface area contributed by atoms with Crippen molar-refractivity contribution in [3.63, 3.8) is 0 Å². The van der Waals surface area contributed by atoms with Crippen molar-refractivity contribution < 1.29 is 0 Å². The van der Waals surface area contributed by atoms with E-state index in [1.807, 2.05) is 24.3 Å². The Kier molecular flexibility index (Phi) is 6.70. The third-order valence-electron chi connectivity index (χ3n) is 6.82. The van der Waals surface area contributed by atoms with E-state index in [0.29, 0.717) is 17.1 Å². The molecule has 0 radical (unpaired) electrons. The number of piperidine rings is 1. The molecule has 0 unspecified atom stereocenters. The van der Waals surface area contributed by atoms with Crippen LogP contribution < -0.4 is 10.9 Å². The first-order valence-corrected chi connectivity index (χ1v) is 13.1. The minimum absolute atomic E-state index is 0.142. The van der Waals surface area contributed by atoms with E-state index in [2.05, 4.69) is 64.8 Å². The fraction of sp³-hybridized carbons (Fsp3) is 0.286. The highest BCUT2D eigenvalue weighted by atomic mass is 32.2. The van der Waals surface area contributed by atoms with Crippen LogP contribution in [0.4, 0.5) is 11.5 Å². The van der Waals surface area contributed by atoms with Gasteiger partial charge in [-0.1, -0.05) is 37.3 Å². The predicted molar refractivity (Wildman–Crippen MR) is 143 cm³/mol. The molecule has 0 aliphatic carbocycles. The van der Waals surface area contributed by atoms with E-state index in [9.17, 15) is 4.79 Å². The van der Waals surface area contributed by atoms with Gasteiger partial charge in [0.1, 0.15) is 5.82 Å². The van der Waals surface area contributed by atoms with Crippen molar-refractivity contribution in [2.45, 2.75) is 30.6 Å². The van der Waals surface area contributed by atoms with E-state index in [4.69, 9.17) is 4.98 Å². The lowest BCUT2D eigenvalue weighted by Gasteiger charge is -2.31. The van der Waals surface area contributed by atoms with Crippen molar-refractivity contribution in [2.75, 3.05) is 31.2 Å². The lowest BCUT2D eigenvalue weighted by atomic mass is 9.89. The number of hydrogen-bond donors (Lipinski definition) is 2. The Morgan fingerprint density at radius 3 is 2.59 bits per heavy atom. The Balaban J connectivity index is 1.48. The summed E-state index contributed by atoms with van der Waals surface area (Å²) in [5, 5.41) is 4.88. The Labute approximate surface area is 204 Å². The zero-order valence-electron chi connectivity index (χ0n) is 19.7. The number of anilines is 2. The van der Waals surface area contributed by atoms with E-state index in [1.165, 1.54) is 31.5 Å². The smallest absolute Gasteiger partial charge is 0.259 e. The summed E-state index contributed by atoms with van der Waals surface area (Å²) in [6.07, 6.45) is 6.17. The second kappa shape index (κ2) is 10.0. The molecule has 6 heteroatoms. The van der Waals surface area contributed by atoms with E-state index in [-0.39, 0.29) is 5.56 Å². The molecule has 34 heavy (non-hydrogen) atoms. The van der Waals surface area contributed by atoms with Gasteiger partial charge in [-0.05, 0) is 85.9 Å². The SMILES string of the molecule is CCN1CCC(c2ccc(Nc3nc(-c4ccccc4SC)cc4cc[nH]c(=O)c34)cc2)CC1. The number of H-pyrrole nitrogens is 1. The largest absolute Gasteiger partial charge is 0.340 e. The van der Waals surface area contributed by atoms with Gasteiger partial charge in [0, 0.05) is 22.3 Å². The number of benzene rings is 2. The summed E-state index contributed by atoms with van der Waals surface area (Å²) in [5.41, 5.74) is 4.09. The molecule has 5 rings (SSSR count). The highest BCUT2D eigenvalue weighted by Gasteiger charge is 2.19. The van der Waals surface area contributed by atoms with Crippen LogP contribution in [-0.2, 0) is 0 Å². The maximum Gasteiger partial charge on any atom is 0.259 e.